The predicted octanol–water partition coefficient (Wildman–Crippen LogP) is -1.43. The lowest BCUT2D eigenvalue weighted by Crippen LogP contribution is -2.58. The molecular weight excluding hydrogens is 586 g/mol. The lowest BCUT2D eigenvalue weighted by Gasteiger charge is -2.26. The molecule has 0 radical (unpaired) electrons. The summed E-state index contributed by atoms with van der Waals surface area (Å²) in [5.41, 5.74) is 23.4. The molecule has 15 nitrogen and oxygen atoms in total. The normalized spacial score (nSPS) is 13.6. The van der Waals surface area contributed by atoms with Gasteiger partial charge in [-0.05, 0) is 63.5 Å². The van der Waals surface area contributed by atoms with Gasteiger partial charge in [0.05, 0.1) is 6.04 Å². The maximum Gasteiger partial charge on any atom is 0.243 e. The average Bonchev–Trinajstić information content (AvgIpc) is 3.40. The second-order valence-electron chi connectivity index (χ2n) is 10.3. The van der Waals surface area contributed by atoms with E-state index in [0.717, 1.165) is 5.56 Å². The van der Waals surface area contributed by atoms with Crippen LogP contribution in [0.5, 0.6) is 0 Å². The molecule has 0 saturated heterocycles. The van der Waals surface area contributed by atoms with Gasteiger partial charge >= 0.3 is 0 Å². The zero-order valence-corrected chi connectivity index (χ0v) is 25.8. The summed E-state index contributed by atoms with van der Waals surface area (Å²) in [5, 5.41) is 11.2. The molecule has 1 aromatic heterocycles. The fourth-order valence-electron chi connectivity index (χ4n) is 4.47. The lowest BCUT2D eigenvalue weighted by atomic mass is 10.0. The van der Waals surface area contributed by atoms with Gasteiger partial charge in [0.15, 0.2) is 10.7 Å². The van der Waals surface area contributed by atoms with E-state index in [-0.39, 0.29) is 25.2 Å². The average molecular weight is 632 g/mol. The quantitative estimate of drug-likeness (QED) is 0.0355. The predicted molar refractivity (Wildman–Crippen MR) is 170 cm³/mol. The molecule has 0 fully saturated rings. The number of aliphatic imine (C=N–C) groups is 1. The number of amides is 4. The fourth-order valence-corrected chi connectivity index (χ4v) is 4.66. The highest BCUT2D eigenvalue weighted by Gasteiger charge is 2.30. The topological polar surface area (TPSA) is 264 Å². The molecule has 2 aromatic rings. The number of primary amides is 1. The third kappa shape index (κ3) is 12.9. The molecule has 44 heavy (non-hydrogen) atoms. The number of likely N-dealkylation sites (N-methyl/N-ethyl adjacent to an activating group) is 1. The number of benzene rings is 1. The van der Waals surface area contributed by atoms with Gasteiger partial charge in [0.1, 0.15) is 18.1 Å². The minimum absolute atomic E-state index is 0.0386. The molecule has 1 aromatic carbocycles. The monoisotopic (exact) mass is 631 g/mol. The van der Waals surface area contributed by atoms with Crippen molar-refractivity contribution in [1.29, 1.82) is 0 Å². The summed E-state index contributed by atoms with van der Waals surface area (Å²) >= 11 is 5.11. The Morgan fingerprint density at radius 3 is 2.05 bits per heavy atom. The second kappa shape index (κ2) is 19.1. The molecule has 1 heterocycles. The third-order valence-corrected chi connectivity index (χ3v) is 7.06. The Labute approximate surface area is 261 Å². The van der Waals surface area contributed by atoms with Crippen molar-refractivity contribution < 1.29 is 19.2 Å². The molecule has 4 unspecified atom stereocenters. The van der Waals surface area contributed by atoms with E-state index < -0.39 is 47.8 Å². The van der Waals surface area contributed by atoms with Crippen molar-refractivity contribution in [2.45, 2.75) is 69.1 Å². The van der Waals surface area contributed by atoms with Crippen LogP contribution in [0.4, 0.5) is 0 Å². The standard InChI is InChI=1S/C28H45N11O4S/c1-33-19(11-7-13-34-27(31)32)24(41)39-22(15-18-16-35-28(44)36-18)26(43)37-20(10-5-6-12-29)25(42)38-21(23(30)40)14-17-8-3-2-4-9-17/h2-4,8-9,16,19-22,33H,5-7,10-15,29H2,1H3,(H2,30,40)(H,37,43)(H,38,42)(H,39,41)(H4,31,32,34)(H2,35,36,44). The first-order chi connectivity index (χ1) is 21.0. The van der Waals surface area contributed by atoms with Crippen LogP contribution in [-0.2, 0) is 32.0 Å². The molecule has 0 saturated carbocycles. The van der Waals surface area contributed by atoms with Gasteiger partial charge in [-0.15, -0.1) is 0 Å². The van der Waals surface area contributed by atoms with Gasteiger partial charge in [0.25, 0.3) is 0 Å². The summed E-state index contributed by atoms with van der Waals surface area (Å²) < 4.78 is 0.355. The molecule has 0 aliphatic heterocycles. The summed E-state index contributed by atoms with van der Waals surface area (Å²) in [4.78, 5) is 62.2. The number of aromatic nitrogens is 2. The Morgan fingerprint density at radius 2 is 1.45 bits per heavy atom. The lowest BCUT2D eigenvalue weighted by molar-refractivity contribution is -0.133. The van der Waals surface area contributed by atoms with Crippen LogP contribution in [0.2, 0.25) is 0 Å². The molecule has 14 N–H and O–H groups in total. The van der Waals surface area contributed by atoms with E-state index in [4.69, 9.17) is 35.2 Å². The fraction of sp³-hybridized carbons (Fsp3) is 0.500. The second-order valence-corrected chi connectivity index (χ2v) is 10.7. The van der Waals surface area contributed by atoms with Crippen molar-refractivity contribution in [2.75, 3.05) is 20.1 Å². The summed E-state index contributed by atoms with van der Waals surface area (Å²) in [6.07, 6.45) is 4.18. The first-order valence-corrected chi connectivity index (χ1v) is 14.9. The van der Waals surface area contributed by atoms with E-state index in [2.05, 4.69) is 36.2 Å². The number of rotatable bonds is 20. The molecule has 0 aliphatic carbocycles. The van der Waals surface area contributed by atoms with Crippen LogP contribution in [0.3, 0.4) is 0 Å². The maximum atomic E-state index is 13.7. The molecule has 4 atom stereocenters. The minimum atomic E-state index is -1.07. The Kier molecular flexibility index (Phi) is 15.6. The Bertz CT molecular complexity index is 1290. The summed E-state index contributed by atoms with van der Waals surface area (Å²) in [5.74, 6) is -2.34. The maximum absolute atomic E-state index is 13.7. The molecule has 4 amide bonds. The molecule has 0 bridgehead atoms. The zero-order chi connectivity index (χ0) is 32.5. The smallest absolute Gasteiger partial charge is 0.243 e. The van der Waals surface area contributed by atoms with Gasteiger partial charge in [0.2, 0.25) is 23.6 Å². The number of carbonyl (C=O) groups excluding carboxylic acids is 4. The number of unbranched alkanes of at least 4 members (excludes halogenated alkanes) is 1. The number of guanidine groups is 1. The van der Waals surface area contributed by atoms with Crippen LogP contribution < -0.4 is 44.2 Å². The summed E-state index contributed by atoms with van der Waals surface area (Å²) in [7, 11) is 1.63. The van der Waals surface area contributed by atoms with Crippen molar-refractivity contribution in [3.8, 4) is 0 Å². The first-order valence-electron chi connectivity index (χ1n) is 14.5. The Morgan fingerprint density at radius 1 is 0.841 bits per heavy atom. The highest BCUT2D eigenvalue weighted by molar-refractivity contribution is 7.71. The molecule has 0 spiro atoms. The number of nitrogens with one attached hydrogen (secondary N) is 6. The minimum Gasteiger partial charge on any atom is -0.370 e. The molecule has 242 valence electrons. The number of H-pyrrole nitrogens is 2. The largest absolute Gasteiger partial charge is 0.370 e. The number of nitrogens with two attached hydrogens (primary N) is 4. The zero-order valence-electron chi connectivity index (χ0n) is 24.9. The number of hydrogen-bond acceptors (Lipinski definition) is 8. The molecular formula is C28H45N11O4S. The molecule has 2 rings (SSSR count). The van der Waals surface area contributed by atoms with E-state index in [9.17, 15) is 19.2 Å². The SMILES string of the molecule is CNC(CCCN=C(N)N)C(=O)NC(Cc1c[nH]c(=S)[nH]1)C(=O)NC(CCCCN)C(=O)NC(Cc1ccccc1)C(N)=O. The molecule has 16 heteroatoms. The van der Waals surface area contributed by atoms with E-state index in [1.165, 1.54) is 0 Å². The van der Waals surface area contributed by atoms with Crippen molar-refractivity contribution >= 4 is 41.8 Å². The third-order valence-electron chi connectivity index (χ3n) is 6.84. The van der Waals surface area contributed by atoms with E-state index in [0.29, 0.717) is 49.2 Å². The van der Waals surface area contributed by atoms with Crippen molar-refractivity contribution in [3.63, 3.8) is 0 Å². The van der Waals surface area contributed by atoms with Crippen molar-refractivity contribution in [1.82, 2.24) is 31.2 Å². The van der Waals surface area contributed by atoms with Gasteiger partial charge in [-0.25, -0.2) is 0 Å². The Balaban J connectivity index is 2.22. The highest BCUT2D eigenvalue weighted by atomic mass is 32.1. The van der Waals surface area contributed by atoms with Crippen molar-refractivity contribution in [3.05, 3.63) is 52.6 Å². The number of hydrogen-bond donors (Lipinski definition) is 10. The van der Waals surface area contributed by atoms with Gasteiger partial charge in [-0.3, -0.25) is 24.2 Å². The highest BCUT2D eigenvalue weighted by Crippen LogP contribution is 2.08. The molecule has 0 aliphatic rings. The van der Waals surface area contributed by atoms with E-state index in [1.807, 2.05) is 30.3 Å². The summed E-state index contributed by atoms with van der Waals surface area (Å²) in [6.45, 7) is 0.744. The van der Waals surface area contributed by atoms with Crippen molar-refractivity contribution in [2.24, 2.45) is 27.9 Å². The van der Waals surface area contributed by atoms with Gasteiger partial charge in [0, 0.05) is 31.3 Å². The van der Waals surface area contributed by atoms with Crippen LogP contribution in [0.25, 0.3) is 0 Å². The first kappa shape index (κ1) is 35.9. The van der Waals surface area contributed by atoms with Gasteiger partial charge in [-0.2, -0.15) is 0 Å². The summed E-state index contributed by atoms with van der Waals surface area (Å²) in [6, 6.07) is 5.40. The van der Waals surface area contributed by atoms with E-state index >= 15 is 0 Å². The number of nitrogens with zero attached hydrogens (tertiary/aromatic N) is 1. The Hall–Kier alpha value is -4.28. The van der Waals surface area contributed by atoms with Crippen LogP contribution in [-0.4, -0.2) is 83.9 Å². The van der Waals surface area contributed by atoms with Gasteiger partial charge in [-0.1, -0.05) is 30.3 Å². The van der Waals surface area contributed by atoms with Crippen LogP contribution in [0.15, 0.2) is 41.5 Å². The van der Waals surface area contributed by atoms with E-state index in [1.54, 1.807) is 13.2 Å². The van der Waals surface area contributed by atoms with Gasteiger partial charge < -0.3 is 54.2 Å². The van der Waals surface area contributed by atoms with Crippen LogP contribution in [0.1, 0.15) is 43.4 Å². The number of imidazole rings is 1. The van der Waals surface area contributed by atoms with Crippen LogP contribution in [0, 0.1) is 4.77 Å². The number of aromatic amines is 2. The van der Waals surface area contributed by atoms with Crippen LogP contribution >= 0.6 is 12.2 Å². The number of carbonyl (C=O) groups is 4.